The molecule has 0 aliphatic carbocycles. The van der Waals surface area contributed by atoms with E-state index in [1.54, 1.807) is 69.3 Å². The number of nitrogen functional groups attached to an aromatic ring is 10. The van der Waals surface area contributed by atoms with Crippen LogP contribution >= 0.6 is 0 Å². The SMILES string of the molecule is C=CCN(CC=C)c1cc(N)cc(N)c1.CC(C)(C)OC(=O)NCc1cc(N)ccc1N.NCc1ccc(CN)cc1.NCc1cccc(CN)c1.Nc1cc(N)cc(C(=O)NC(CO)(CO)CO)c1.Nc1cc(N)cc(C(=O)O)c1.Nc1ccc(N)cc1. The molecule has 0 aliphatic heterocycles. The zero-order valence-corrected chi connectivity index (χ0v) is 50.9. The highest BCUT2D eigenvalue weighted by atomic mass is 16.6. The topological polar surface area (TPSA) is 533 Å². The number of carbonyl (C=O) groups excluding carboxylic acids is 2. The van der Waals surface area contributed by atoms with E-state index in [9.17, 15) is 14.4 Å². The molecule has 7 aromatic rings. The molecule has 0 atom stereocenters. The second-order valence-electron chi connectivity index (χ2n) is 20.6. The summed E-state index contributed by atoms with van der Waals surface area (Å²) in [4.78, 5) is 35.8. The number of hydrogen-bond acceptors (Lipinski definition) is 22. The third-order valence-corrected chi connectivity index (χ3v) is 11.7. The Morgan fingerprint density at radius 1 is 0.494 bits per heavy atom. The number of nitrogens with zero attached hydrogens (tertiary/aromatic N) is 1. The van der Waals surface area contributed by atoms with Crippen LogP contribution in [0, 0.1) is 0 Å². The second kappa shape index (κ2) is 40.2. The van der Waals surface area contributed by atoms with Gasteiger partial charge in [-0.15, -0.1) is 13.2 Å². The normalized spacial score (nSPS) is 10.2. The zero-order chi connectivity index (χ0) is 67.3. The summed E-state index contributed by atoms with van der Waals surface area (Å²) in [7, 11) is 0. The summed E-state index contributed by atoms with van der Waals surface area (Å²) < 4.78 is 5.11. The van der Waals surface area contributed by atoms with Crippen molar-refractivity contribution in [2.24, 2.45) is 22.9 Å². The number of benzene rings is 7. The molecule has 25 nitrogen and oxygen atoms in total. The summed E-state index contributed by atoms with van der Waals surface area (Å²) in [6, 6.07) is 42.3. The van der Waals surface area contributed by atoms with Crippen LogP contribution in [0.4, 0.5) is 67.4 Å². The molecule has 7 rings (SSSR count). The van der Waals surface area contributed by atoms with Gasteiger partial charge in [0.05, 0.1) is 25.4 Å². The van der Waals surface area contributed by atoms with Crippen molar-refractivity contribution < 1.29 is 39.5 Å². The number of nitrogens with two attached hydrogens (primary N) is 14. The van der Waals surface area contributed by atoms with Gasteiger partial charge >= 0.3 is 12.1 Å². The number of aliphatic hydroxyl groups is 3. The number of carboxylic acids is 1. The average molecular weight is 1230 g/mol. The predicted molar refractivity (Wildman–Crippen MR) is 365 cm³/mol. The molecule has 0 bridgehead atoms. The molecule has 34 N–H and O–H groups in total. The molecule has 25 heteroatoms. The minimum Gasteiger partial charge on any atom is -0.478 e. The van der Waals surface area contributed by atoms with E-state index in [1.807, 2.05) is 72.8 Å². The standard InChI is InChI=1S/C12H19N3O2.C12H17N3.C11H17N3O4.2C8H12N2.C7H8N2O2.C6H8N2/c1-12(2,3)17-11(16)15-7-8-6-9(13)4-5-10(8)14;1-3-5-15(6-4-2)12-8-10(13)7-11(14)9-12;12-8-1-7(2-9(13)3-8)10(18)14-11(4-15,5-16)6-17;9-5-7-1-2-8(6-10)4-3-7;9-5-7-2-1-3-8(4-7)6-10;8-5-1-4(7(10)11)2-6(9)3-5;7-5-1-2-6(8)4-3-5/h4-6H,7,13-14H2,1-3H3,(H,15,16);3-4,7-9H,1-2,5-6,13-14H2;1-3,15-17H,4-6,12-13H2,(H,14,18);2*1-4H,5-6,9-10H2;1-3H,8-9H2,(H,10,11);1-4H,7-8H2. The number of nitrogens with one attached hydrogen (secondary N) is 2. The first-order valence-corrected chi connectivity index (χ1v) is 27.5. The highest BCUT2D eigenvalue weighted by Crippen LogP contribution is 2.23. The van der Waals surface area contributed by atoms with Gasteiger partial charge in [-0.25, -0.2) is 9.59 Å². The van der Waals surface area contributed by atoms with E-state index in [1.165, 1.54) is 36.4 Å². The summed E-state index contributed by atoms with van der Waals surface area (Å²) in [6.07, 6.45) is 3.20. The van der Waals surface area contributed by atoms with Crippen LogP contribution in [0.1, 0.15) is 69.3 Å². The quantitative estimate of drug-likeness (QED) is 0.0429. The molecule has 482 valence electrons. The number of alkyl carbamates (subject to hydrolysis) is 1. The third-order valence-electron chi connectivity index (χ3n) is 11.7. The van der Waals surface area contributed by atoms with Gasteiger partial charge in [-0.1, -0.05) is 60.7 Å². The van der Waals surface area contributed by atoms with E-state index in [0.29, 0.717) is 78.2 Å². The Morgan fingerprint density at radius 2 is 0.876 bits per heavy atom. The molecule has 0 radical (unpaired) electrons. The summed E-state index contributed by atoms with van der Waals surface area (Å²) in [6.45, 7) is 15.2. The van der Waals surface area contributed by atoms with E-state index in [0.717, 1.165) is 58.0 Å². The molecule has 0 saturated heterocycles. The van der Waals surface area contributed by atoms with Crippen molar-refractivity contribution in [2.75, 3.05) is 95.1 Å². The molecule has 0 unspecified atom stereocenters. The van der Waals surface area contributed by atoms with E-state index in [-0.39, 0.29) is 11.1 Å². The Bertz CT molecular complexity index is 3130. The third kappa shape index (κ3) is 31.6. The molecule has 89 heavy (non-hydrogen) atoms. The van der Waals surface area contributed by atoms with Crippen molar-refractivity contribution in [3.8, 4) is 0 Å². The van der Waals surface area contributed by atoms with E-state index in [4.69, 9.17) is 105 Å². The monoisotopic (exact) mass is 1230 g/mol. The Balaban J connectivity index is 0.000000527. The lowest BCUT2D eigenvalue weighted by Crippen LogP contribution is -2.57. The highest BCUT2D eigenvalue weighted by molar-refractivity contribution is 5.96. The number of amides is 2. The van der Waals surface area contributed by atoms with Crippen molar-refractivity contribution >= 4 is 80.5 Å². The first kappa shape index (κ1) is 76.8. The Hall–Kier alpha value is -10.3. The minimum absolute atomic E-state index is 0.113. The predicted octanol–water partition coefficient (Wildman–Crippen LogP) is 4.81. The minimum atomic E-state index is -1.48. The van der Waals surface area contributed by atoms with Gasteiger partial charge in [-0.05, 0) is 146 Å². The van der Waals surface area contributed by atoms with Crippen LogP contribution in [-0.2, 0) is 37.5 Å². The molecule has 0 heterocycles. The fraction of sp³-hybridized carbons (Fsp3) is 0.234. The van der Waals surface area contributed by atoms with E-state index < -0.39 is 48.9 Å². The fourth-order valence-electron chi connectivity index (χ4n) is 7.08. The van der Waals surface area contributed by atoms with Gasteiger partial charge in [0.2, 0.25) is 0 Å². The van der Waals surface area contributed by atoms with E-state index >= 15 is 0 Å². The maximum absolute atomic E-state index is 11.9. The lowest BCUT2D eigenvalue weighted by atomic mass is 10.0. The molecule has 2 amide bonds. The summed E-state index contributed by atoms with van der Waals surface area (Å²) in [5.74, 6) is -1.62. The first-order valence-electron chi connectivity index (χ1n) is 27.5. The van der Waals surface area contributed by atoms with Gasteiger partial charge in [0.1, 0.15) is 11.1 Å². The number of aromatic carboxylic acids is 1. The molecule has 0 spiro atoms. The lowest BCUT2D eigenvalue weighted by molar-refractivity contribution is 0.0375. The Morgan fingerprint density at radius 3 is 1.24 bits per heavy atom. The first-order chi connectivity index (χ1) is 42.0. The Kier molecular flexibility index (Phi) is 34.7. The molecule has 0 saturated carbocycles. The molecule has 0 aliphatic rings. The largest absolute Gasteiger partial charge is 0.478 e. The molecular formula is C64H93N17O8. The molecule has 0 aromatic heterocycles. The second-order valence-corrected chi connectivity index (χ2v) is 20.6. The number of aliphatic hydroxyl groups excluding tert-OH is 3. The number of carboxylic acid groups (broad SMARTS) is 1. The number of ether oxygens (including phenoxy) is 1. The van der Waals surface area contributed by atoms with Crippen LogP contribution in [0.2, 0.25) is 0 Å². The van der Waals surface area contributed by atoms with Crippen LogP contribution in [0.3, 0.4) is 0 Å². The van der Waals surface area contributed by atoms with Crippen molar-refractivity contribution in [3.05, 3.63) is 210 Å². The van der Waals surface area contributed by atoms with Crippen molar-refractivity contribution in [3.63, 3.8) is 0 Å². The van der Waals surface area contributed by atoms with Gasteiger partial charge < -0.3 is 121 Å². The summed E-state index contributed by atoms with van der Waals surface area (Å²) >= 11 is 0. The van der Waals surface area contributed by atoms with Crippen molar-refractivity contribution in [1.29, 1.82) is 0 Å². The van der Waals surface area contributed by atoms with Gasteiger partial charge in [0.25, 0.3) is 5.91 Å². The number of carbonyl (C=O) groups is 3. The maximum Gasteiger partial charge on any atom is 0.407 e. The van der Waals surface area contributed by atoms with Crippen LogP contribution in [-0.4, -0.2) is 82.4 Å². The van der Waals surface area contributed by atoms with Gasteiger partial charge in [0, 0.05) is 114 Å². The van der Waals surface area contributed by atoms with Gasteiger partial charge in [0.15, 0.2) is 0 Å². The number of rotatable bonds is 17. The van der Waals surface area contributed by atoms with Crippen LogP contribution in [0.25, 0.3) is 0 Å². The molecular weight excluding hydrogens is 1130 g/mol. The number of anilines is 11. The van der Waals surface area contributed by atoms with Crippen LogP contribution < -0.4 is 95.8 Å². The average Bonchev–Trinajstić information content (AvgIpc) is 3.17. The lowest BCUT2D eigenvalue weighted by Gasteiger charge is -2.28. The Labute approximate surface area is 521 Å². The van der Waals surface area contributed by atoms with Gasteiger partial charge in [-0.3, -0.25) is 4.79 Å². The number of hydrogen-bond donors (Lipinski definition) is 20. The van der Waals surface area contributed by atoms with Crippen LogP contribution in [0.5, 0.6) is 0 Å². The highest BCUT2D eigenvalue weighted by Gasteiger charge is 2.30. The molecule has 7 aromatic carbocycles. The smallest absolute Gasteiger partial charge is 0.407 e. The van der Waals surface area contributed by atoms with Gasteiger partial charge in [-0.2, -0.15) is 0 Å². The zero-order valence-electron chi connectivity index (χ0n) is 50.9. The maximum atomic E-state index is 11.9. The fourth-order valence-corrected chi connectivity index (χ4v) is 7.08. The summed E-state index contributed by atoms with van der Waals surface area (Å²) in [5, 5.41) is 40.8. The summed E-state index contributed by atoms with van der Waals surface area (Å²) in [5.41, 5.74) is 87.2. The van der Waals surface area contributed by atoms with E-state index in [2.05, 4.69) is 28.7 Å². The molecule has 0 fully saturated rings. The van der Waals surface area contributed by atoms with Crippen molar-refractivity contribution in [1.82, 2.24) is 10.6 Å². The van der Waals surface area contributed by atoms with Crippen molar-refractivity contribution in [2.45, 2.75) is 64.6 Å². The van der Waals surface area contributed by atoms with Crippen LogP contribution in [0.15, 0.2) is 171 Å².